The molecular weight excluding hydrogens is 295 g/mol. The van der Waals surface area contributed by atoms with Gasteiger partial charge in [-0.2, -0.15) is 13.2 Å². The van der Waals surface area contributed by atoms with Gasteiger partial charge in [0.2, 0.25) is 0 Å². The van der Waals surface area contributed by atoms with Crippen LogP contribution in [-0.2, 0) is 13.0 Å². The Bertz CT molecular complexity index is 505. The van der Waals surface area contributed by atoms with E-state index >= 15 is 0 Å². The fourth-order valence-electron chi connectivity index (χ4n) is 2.49. The number of halogens is 3. The van der Waals surface area contributed by atoms with Gasteiger partial charge in [-0.15, -0.1) is 0 Å². The van der Waals surface area contributed by atoms with Gasteiger partial charge in [-0.3, -0.25) is 4.90 Å². The van der Waals surface area contributed by atoms with Crippen molar-refractivity contribution < 1.29 is 18.0 Å². The molecule has 4 nitrogen and oxygen atoms in total. The second-order valence-corrected chi connectivity index (χ2v) is 5.37. The highest BCUT2D eigenvalue weighted by Crippen LogP contribution is 2.18. The maximum Gasteiger partial charge on any atom is 0.405 e. The fourth-order valence-corrected chi connectivity index (χ4v) is 2.49. The number of hydrogen-bond acceptors (Lipinski definition) is 2. The van der Waals surface area contributed by atoms with Crippen LogP contribution < -0.4 is 10.6 Å². The van der Waals surface area contributed by atoms with Gasteiger partial charge in [0.05, 0.1) is 0 Å². The Balaban J connectivity index is 1.61. The van der Waals surface area contributed by atoms with E-state index in [1.165, 1.54) is 11.1 Å². The molecular formula is C15H20F3N3O. The SMILES string of the molecule is O=C(NCCCN1CCc2ccccc2C1)NCC(F)(F)F. The summed E-state index contributed by atoms with van der Waals surface area (Å²) in [5.74, 6) is 0. The first kappa shape index (κ1) is 16.6. The number of nitrogens with zero attached hydrogens (tertiary/aromatic N) is 1. The molecule has 0 saturated heterocycles. The Labute approximate surface area is 127 Å². The molecule has 22 heavy (non-hydrogen) atoms. The summed E-state index contributed by atoms with van der Waals surface area (Å²) in [6, 6.07) is 7.54. The van der Waals surface area contributed by atoms with Crippen molar-refractivity contribution in [2.24, 2.45) is 0 Å². The lowest BCUT2D eigenvalue weighted by Crippen LogP contribution is -2.41. The summed E-state index contributed by atoms with van der Waals surface area (Å²) in [5, 5.41) is 4.22. The second-order valence-electron chi connectivity index (χ2n) is 5.37. The highest BCUT2D eigenvalue weighted by atomic mass is 19.4. The topological polar surface area (TPSA) is 44.4 Å². The lowest BCUT2D eigenvalue weighted by atomic mass is 10.00. The Kier molecular flexibility index (Phi) is 5.65. The molecule has 0 atom stereocenters. The van der Waals surface area contributed by atoms with Crippen molar-refractivity contribution in [3.8, 4) is 0 Å². The summed E-state index contributed by atoms with van der Waals surface area (Å²) in [5.41, 5.74) is 2.70. The Morgan fingerprint density at radius 3 is 2.64 bits per heavy atom. The zero-order valence-electron chi connectivity index (χ0n) is 12.2. The molecule has 0 spiro atoms. The molecule has 7 heteroatoms. The van der Waals surface area contributed by atoms with Crippen LogP contribution in [0.2, 0.25) is 0 Å². The average molecular weight is 315 g/mol. The predicted molar refractivity (Wildman–Crippen MR) is 77.5 cm³/mol. The van der Waals surface area contributed by atoms with E-state index in [2.05, 4.69) is 22.3 Å². The van der Waals surface area contributed by atoms with E-state index in [9.17, 15) is 18.0 Å². The Hall–Kier alpha value is -1.76. The zero-order valence-corrected chi connectivity index (χ0v) is 12.2. The van der Waals surface area contributed by atoms with Crippen molar-refractivity contribution in [1.82, 2.24) is 15.5 Å². The number of amides is 2. The van der Waals surface area contributed by atoms with Crippen LogP contribution in [0.5, 0.6) is 0 Å². The Morgan fingerprint density at radius 2 is 1.91 bits per heavy atom. The van der Waals surface area contributed by atoms with Gasteiger partial charge < -0.3 is 10.6 Å². The first-order chi connectivity index (χ1) is 10.4. The summed E-state index contributed by atoms with van der Waals surface area (Å²) in [6.07, 6.45) is -2.66. The molecule has 0 aliphatic carbocycles. The number of rotatable bonds is 5. The second kappa shape index (κ2) is 7.49. The third-order valence-corrected chi connectivity index (χ3v) is 3.60. The number of carbonyl (C=O) groups is 1. The molecule has 0 bridgehead atoms. The van der Waals surface area contributed by atoms with Gasteiger partial charge in [0.15, 0.2) is 0 Å². The van der Waals surface area contributed by atoms with E-state index in [0.717, 1.165) is 26.1 Å². The maximum atomic E-state index is 11.9. The van der Waals surface area contributed by atoms with E-state index < -0.39 is 18.8 Å². The number of hydrogen-bond donors (Lipinski definition) is 2. The summed E-state index contributed by atoms with van der Waals surface area (Å²) >= 11 is 0. The predicted octanol–water partition coefficient (Wildman–Crippen LogP) is 2.30. The van der Waals surface area contributed by atoms with Crippen LogP contribution in [-0.4, -0.2) is 43.3 Å². The number of alkyl halides is 3. The van der Waals surface area contributed by atoms with Crippen molar-refractivity contribution in [2.75, 3.05) is 26.2 Å². The van der Waals surface area contributed by atoms with Gasteiger partial charge in [-0.05, 0) is 24.0 Å². The summed E-state index contributed by atoms with van der Waals surface area (Å²) in [7, 11) is 0. The number of fused-ring (bicyclic) bond motifs is 1. The highest BCUT2D eigenvalue weighted by Gasteiger charge is 2.27. The van der Waals surface area contributed by atoms with E-state index in [-0.39, 0.29) is 0 Å². The van der Waals surface area contributed by atoms with Gasteiger partial charge >= 0.3 is 12.2 Å². The van der Waals surface area contributed by atoms with Crippen molar-refractivity contribution in [3.05, 3.63) is 35.4 Å². The number of carbonyl (C=O) groups excluding carboxylic acids is 1. The molecule has 0 aromatic heterocycles. The first-order valence-electron chi connectivity index (χ1n) is 7.31. The molecule has 2 N–H and O–H groups in total. The molecule has 1 aliphatic rings. The number of benzene rings is 1. The van der Waals surface area contributed by atoms with Gasteiger partial charge in [-0.25, -0.2) is 4.79 Å². The molecule has 1 aromatic carbocycles. The van der Waals surface area contributed by atoms with Gasteiger partial charge in [-0.1, -0.05) is 24.3 Å². The minimum absolute atomic E-state index is 0.363. The standard InChI is InChI=1S/C15H20F3N3O/c16-15(17,18)11-20-14(22)19-7-3-8-21-9-6-12-4-1-2-5-13(12)10-21/h1-2,4-5H,3,6-11H2,(H2,19,20,22). The van der Waals surface area contributed by atoms with Gasteiger partial charge in [0.1, 0.15) is 6.54 Å². The average Bonchev–Trinajstić information content (AvgIpc) is 2.49. The van der Waals surface area contributed by atoms with Crippen molar-refractivity contribution in [1.29, 1.82) is 0 Å². The van der Waals surface area contributed by atoms with Crippen LogP contribution in [0.3, 0.4) is 0 Å². The number of urea groups is 1. The van der Waals surface area contributed by atoms with Crippen molar-refractivity contribution in [3.63, 3.8) is 0 Å². The quantitative estimate of drug-likeness (QED) is 0.819. The minimum Gasteiger partial charge on any atom is -0.338 e. The molecule has 1 heterocycles. The third-order valence-electron chi connectivity index (χ3n) is 3.60. The fraction of sp³-hybridized carbons (Fsp3) is 0.533. The highest BCUT2D eigenvalue weighted by molar-refractivity contribution is 5.73. The minimum atomic E-state index is -4.38. The summed E-state index contributed by atoms with van der Waals surface area (Å²) in [4.78, 5) is 13.5. The zero-order chi connectivity index (χ0) is 16.0. The van der Waals surface area contributed by atoms with Gasteiger partial charge in [0, 0.05) is 26.2 Å². The van der Waals surface area contributed by atoms with Crippen LogP contribution in [0.1, 0.15) is 17.5 Å². The molecule has 0 unspecified atom stereocenters. The van der Waals surface area contributed by atoms with E-state index in [0.29, 0.717) is 13.0 Å². The van der Waals surface area contributed by atoms with Crippen LogP contribution >= 0.6 is 0 Å². The lowest BCUT2D eigenvalue weighted by molar-refractivity contribution is -0.122. The largest absolute Gasteiger partial charge is 0.405 e. The van der Waals surface area contributed by atoms with Crippen molar-refractivity contribution >= 4 is 6.03 Å². The van der Waals surface area contributed by atoms with E-state index in [1.807, 2.05) is 12.1 Å². The van der Waals surface area contributed by atoms with E-state index in [4.69, 9.17) is 0 Å². The van der Waals surface area contributed by atoms with Crippen LogP contribution in [0.4, 0.5) is 18.0 Å². The summed E-state index contributed by atoms with van der Waals surface area (Å²) < 4.78 is 35.8. The molecule has 2 amide bonds. The molecule has 0 fully saturated rings. The van der Waals surface area contributed by atoms with Crippen LogP contribution in [0, 0.1) is 0 Å². The molecule has 0 saturated carbocycles. The van der Waals surface area contributed by atoms with Gasteiger partial charge in [0.25, 0.3) is 0 Å². The molecule has 0 radical (unpaired) electrons. The Morgan fingerprint density at radius 1 is 1.18 bits per heavy atom. The smallest absolute Gasteiger partial charge is 0.338 e. The first-order valence-corrected chi connectivity index (χ1v) is 7.31. The normalized spacial score (nSPS) is 15.2. The van der Waals surface area contributed by atoms with Crippen LogP contribution in [0.25, 0.3) is 0 Å². The third kappa shape index (κ3) is 5.55. The maximum absolute atomic E-state index is 11.9. The molecule has 1 aliphatic heterocycles. The molecule has 122 valence electrons. The van der Waals surface area contributed by atoms with Crippen molar-refractivity contribution in [2.45, 2.75) is 25.6 Å². The monoisotopic (exact) mass is 315 g/mol. The number of nitrogens with one attached hydrogen (secondary N) is 2. The molecule has 2 rings (SSSR count). The van der Waals surface area contributed by atoms with Crippen LogP contribution in [0.15, 0.2) is 24.3 Å². The summed E-state index contributed by atoms with van der Waals surface area (Å²) in [6.45, 7) is 1.73. The molecule has 1 aromatic rings. The van der Waals surface area contributed by atoms with E-state index in [1.54, 1.807) is 5.32 Å². The lowest BCUT2D eigenvalue weighted by Gasteiger charge is -2.28.